The van der Waals surface area contributed by atoms with E-state index in [4.69, 9.17) is 5.26 Å². The molecule has 0 fully saturated rings. The normalized spacial score (nSPS) is 14.1. The van der Waals surface area contributed by atoms with Crippen molar-refractivity contribution in [2.45, 2.75) is 25.9 Å². The van der Waals surface area contributed by atoms with Crippen LogP contribution in [0.4, 0.5) is 0 Å². The molecule has 1 aromatic rings. The number of aromatic nitrogens is 2. The van der Waals surface area contributed by atoms with Crippen LogP contribution in [0.5, 0.6) is 0 Å². The fraction of sp³-hybridized carbons (Fsp3) is 0.538. The summed E-state index contributed by atoms with van der Waals surface area (Å²) < 4.78 is 0. The van der Waals surface area contributed by atoms with Crippen molar-refractivity contribution >= 4 is 11.8 Å². The van der Waals surface area contributed by atoms with Crippen LogP contribution in [0, 0.1) is 11.3 Å². The summed E-state index contributed by atoms with van der Waals surface area (Å²) in [5.74, 6) is -0.312. The van der Waals surface area contributed by atoms with Gasteiger partial charge in [0.15, 0.2) is 0 Å². The number of amides is 2. The van der Waals surface area contributed by atoms with Gasteiger partial charge in [0.1, 0.15) is 6.42 Å². The fourth-order valence-corrected chi connectivity index (χ4v) is 2.32. The van der Waals surface area contributed by atoms with E-state index in [-0.39, 0.29) is 18.2 Å². The molecule has 0 radical (unpaired) electrons. The standard InChI is InChI=1S/C13H18N6O2/c1-15-13(21)8-19-5-3-9-10(17-18-11(9)7-19)6-16-12(20)2-4-14/h2-3,5-8H2,1H3,(H,15,21)(H,16,20)(H,17,18). The second-order valence-corrected chi connectivity index (χ2v) is 4.87. The summed E-state index contributed by atoms with van der Waals surface area (Å²) >= 11 is 0. The van der Waals surface area contributed by atoms with Crippen LogP contribution in [0.1, 0.15) is 23.4 Å². The number of aromatic amines is 1. The minimum atomic E-state index is -0.300. The van der Waals surface area contributed by atoms with Crippen molar-refractivity contribution in [3.63, 3.8) is 0 Å². The Bertz CT molecular complexity index is 574. The van der Waals surface area contributed by atoms with Crippen LogP contribution in [-0.2, 0) is 29.1 Å². The van der Waals surface area contributed by atoms with Crippen LogP contribution in [0.15, 0.2) is 0 Å². The van der Waals surface area contributed by atoms with Crippen molar-refractivity contribution in [2.75, 3.05) is 20.1 Å². The van der Waals surface area contributed by atoms with E-state index in [0.717, 1.165) is 29.9 Å². The molecule has 2 rings (SSSR count). The molecule has 1 aliphatic heterocycles. The Morgan fingerprint density at radius 2 is 2.29 bits per heavy atom. The van der Waals surface area contributed by atoms with Gasteiger partial charge in [-0.25, -0.2) is 0 Å². The molecular weight excluding hydrogens is 272 g/mol. The van der Waals surface area contributed by atoms with Crippen molar-refractivity contribution in [1.82, 2.24) is 25.7 Å². The van der Waals surface area contributed by atoms with Gasteiger partial charge >= 0.3 is 0 Å². The molecule has 0 atom stereocenters. The van der Waals surface area contributed by atoms with E-state index in [0.29, 0.717) is 19.6 Å². The van der Waals surface area contributed by atoms with Crippen LogP contribution in [-0.4, -0.2) is 47.0 Å². The van der Waals surface area contributed by atoms with Gasteiger partial charge in [-0.15, -0.1) is 0 Å². The highest BCUT2D eigenvalue weighted by molar-refractivity contribution is 5.78. The number of hydrogen-bond acceptors (Lipinski definition) is 5. The maximum absolute atomic E-state index is 11.4. The Hall–Kier alpha value is -2.40. The third-order valence-electron chi connectivity index (χ3n) is 3.44. The van der Waals surface area contributed by atoms with Gasteiger partial charge in [0, 0.05) is 25.7 Å². The molecule has 2 amide bonds. The Balaban J connectivity index is 1.94. The van der Waals surface area contributed by atoms with E-state index in [9.17, 15) is 9.59 Å². The number of nitrogens with one attached hydrogen (secondary N) is 3. The lowest BCUT2D eigenvalue weighted by Gasteiger charge is -2.25. The fourth-order valence-electron chi connectivity index (χ4n) is 2.32. The number of nitrogens with zero attached hydrogens (tertiary/aromatic N) is 3. The topological polar surface area (TPSA) is 114 Å². The number of likely N-dealkylation sites (N-methyl/N-ethyl adjacent to an activating group) is 1. The van der Waals surface area contributed by atoms with Gasteiger partial charge in [-0.3, -0.25) is 19.6 Å². The minimum Gasteiger partial charge on any atom is -0.358 e. The molecule has 0 bridgehead atoms. The number of carbonyl (C=O) groups excluding carboxylic acids is 2. The molecule has 8 heteroatoms. The van der Waals surface area contributed by atoms with Gasteiger partial charge in [0.25, 0.3) is 0 Å². The number of rotatable bonds is 5. The maximum atomic E-state index is 11.4. The molecule has 112 valence electrons. The second kappa shape index (κ2) is 6.85. The largest absolute Gasteiger partial charge is 0.358 e. The van der Waals surface area contributed by atoms with E-state index in [1.54, 1.807) is 13.1 Å². The molecule has 8 nitrogen and oxygen atoms in total. The summed E-state index contributed by atoms with van der Waals surface area (Å²) in [6.07, 6.45) is 0.638. The molecule has 0 aromatic carbocycles. The van der Waals surface area contributed by atoms with Crippen LogP contribution in [0.25, 0.3) is 0 Å². The van der Waals surface area contributed by atoms with Gasteiger partial charge in [-0.05, 0) is 6.42 Å². The number of nitriles is 1. The molecule has 0 saturated heterocycles. The molecule has 0 unspecified atom stereocenters. The predicted molar refractivity (Wildman–Crippen MR) is 73.7 cm³/mol. The summed E-state index contributed by atoms with van der Waals surface area (Å²) in [4.78, 5) is 24.7. The average Bonchev–Trinajstić information content (AvgIpc) is 2.87. The van der Waals surface area contributed by atoms with E-state index in [1.807, 2.05) is 4.90 Å². The van der Waals surface area contributed by atoms with Crippen LogP contribution in [0.3, 0.4) is 0 Å². The molecule has 1 aromatic heterocycles. The summed E-state index contributed by atoms with van der Waals surface area (Å²) in [5.41, 5.74) is 2.88. The lowest BCUT2D eigenvalue weighted by molar-refractivity contribution is -0.122. The maximum Gasteiger partial charge on any atom is 0.234 e. The lowest BCUT2D eigenvalue weighted by atomic mass is 10.0. The Morgan fingerprint density at radius 1 is 1.48 bits per heavy atom. The number of carbonyl (C=O) groups is 2. The van der Waals surface area contributed by atoms with Crippen molar-refractivity contribution in [3.8, 4) is 6.07 Å². The van der Waals surface area contributed by atoms with Crippen molar-refractivity contribution in [2.24, 2.45) is 0 Å². The molecule has 1 aliphatic rings. The van der Waals surface area contributed by atoms with E-state index < -0.39 is 0 Å². The lowest BCUT2D eigenvalue weighted by Crippen LogP contribution is -2.38. The van der Waals surface area contributed by atoms with Gasteiger partial charge in [0.2, 0.25) is 11.8 Å². The highest BCUT2D eigenvalue weighted by atomic mass is 16.2. The Kier molecular flexibility index (Phi) is 4.90. The van der Waals surface area contributed by atoms with Gasteiger partial charge in [0.05, 0.1) is 30.5 Å². The first-order valence-electron chi connectivity index (χ1n) is 6.75. The first kappa shape index (κ1) is 15.0. The molecule has 0 spiro atoms. The number of H-pyrrole nitrogens is 1. The minimum absolute atomic E-state index is 0.0121. The SMILES string of the molecule is CNC(=O)CN1CCc2c(CNC(=O)CC#N)n[nH]c2C1. The van der Waals surface area contributed by atoms with Gasteiger partial charge in [-0.2, -0.15) is 10.4 Å². The third kappa shape index (κ3) is 3.79. The van der Waals surface area contributed by atoms with Crippen molar-refractivity contribution in [1.29, 1.82) is 5.26 Å². The molecule has 2 heterocycles. The summed E-state index contributed by atoms with van der Waals surface area (Å²) in [6, 6.07) is 1.80. The van der Waals surface area contributed by atoms with Gasteiger partial charge in [-0.1, -0.05) is 0 Å². The zero-order valence-electron chi connectivity index (χ0n) is 11.9. The molecule has 0 saturated carbocycles. The van der Waals surface area contributed by atoms with Crippen LogP contribution < -0.4 is 10.6 Å². The highest BCUT2D eigenvalue weighted by Gasteiger charge is 2.22. The van der Waals surface area contributed by atoms with E-state index >= 15 is 0 Å². The molecule has 0 aliphatic carbocycles. The second-order valence-electron chi connectivity index (χ2n) is 4.87. The summed E-state index contributed by atoms with van der Waals surface area (Å²) in [7, 11) is 1.62. The van der Waals surface area contributed by atoms with E-state index in [2.05, 4.69) is 20.8 Å². The molecule has 3 N–H and O–H groups in total. The zero-order chi connectivity index (χ0) is 15.2. The van der Waals surface area contributed by atoms with Crippen molar-refractivity contribution in [3.05, 3.63) is 17.0 Å². The number of hydrogen-bond donors (Lipinski definition) is 3. The third-order valence-corrected chi connectivity index (χ3v) is 3.44. The summed E-state index contributed by atoms with van der Waals surface area (Å²) in [6.45, 7) is 2.10. The predicted octanol–water partition coefficient (Wildman–Crippen LogP) is -0.956. The Morgan fingerprint density at radius 3 is 3.00 bits per heavy atom. The molecular formula is C13H18N6O2. The summed E-state index contributed by atoms with van der Waals surface area (Å²) in [5, 5.41) is 20.9. The molecule has 21 heavy (non-hydrogen) atoms. The van der Waals surface area contributed by atoms with Crippen molar-refractivity contribution < 1.29 is 9.59 Å². The Labute approximate surface area is 122 Å². The zero-order valence-corrected chi connectivity index (χ0v) is 11.9. The van der Waals surface area contributed by atoms with Gasteiger partial charge < -0.3 is 10.6 Å². The first-order chi connectivity index (χ1) is 10.1. The average molecular weight is 290 g/mol. The first-order valence-corrected chi connectivity index (χ1v) is 6.75. The quantitative estimate of drug-likeness (QED) is 0.646. The smallest absolute Gasteiger partial charge is 0.234 e. The van der Waals surface area contributed by atoms with Crippen LogP contribution >= 0.6 is 0 Å². The van der Waals surface area contributed by atoms with Crippen LogP contribution in [0.2, 0.25) is 0 Å². The highest BCUT2D eigenvalue weighted by Crippen LogP contribution is 2.19. The van der Waals surface area contributed by atoms with E-state index in [1.165, 1.54) is 0 Å². The number of fused-ring (bicyclic) bond motifs is 1. The monoisotopic (exact) mass is 290 g/mol.